The summed E-state index contributed by atoms with van der Waals surface area (Å²) in [5, 5.41) is 14.5. The number of rotatable bonds is 8. The van der Waals surface area contributed by atoms with Crippen LogP contribution in [0.3, 0.4) is 0 Å². The molecule has 182 valence electrons. The van der Waals surface area contributed by atoms with Crippen molar-refractivity contribution in [2.75, 3.05) is 49.5 Å². The van der Waals surface area contributed by atoms with Crippen molar-refractivity contribution in [3.63, 3.8) is 0 Å². The van der Waals surface area contributed by atoms with Crippen LogP contribution in [-0.4, -0.2) is 56.3 Å². The average Bonchev–Trinajstić information content (AvgIpc) is 2.79. The predicted octanol–water partition coefficient (Wildman–Crippen LogP) is 4.42. The summed E-state index contributed by atoms with van der Waals surface area (Å²) in [6.45, 7) is 2.15. The molecule has 0 bridgehead atoms. The monoisotopic (exact) mass is 497 g/mol. The topological polar surface area (TPSA) is 71.4 Å². The van der Waals surface area contributed by atoms with Crippen molar-refractivity contribution in [3.8, 4) is 6.07 Å². The number of carbonyl (C=O) groups excluding carboxylic acids is 1. The number of nitrogens with zero attached hydrogens (tertiary/aromatic N) is 3. The first-order chi connectivity index (χ1) is 16.2. The van der Waals surface area contributed by atoms with Crippen LogP contribution in [0.15, 0.2) is 36.4 Å². The van der Waals surface area contributed by atoms with Crippen LogP contribution in [0.1, 0.15) is 22.3 Å². The first-order valence-corrected chi connectivity index (χ1v) is 11.0. The Labute approximate surface area is 200 Å². The van der Waals surface area contributed by atoms with Crippen LogP contribution in [0.5, 0.6) is 0 Å². The Morgan fingerprint density at radius 2 is 1.85 bits per heavy atom. The van der Waals surface area contributed by atoms with Gasteiger partial charge in [0.05, 0.1) is 36.0 Å². The van der Waals surface area contributed by atoms with E-state index in [1.807, 2.05) is 11.0 Å². The van der Waals surface area contributed by atoms with Gasteiger partial charge in [0.15, 0.2) is 0 Å². The number of carbonyl (C=O) groups is 1. The quantitative estimate of drug-likeness (QED) is 0.321. The van der Waals surface area contributed by atoms with E-state index < -0.39 is 24.3 Å². The smallest absolute Gasteiger partial charge is 0.367 e. The molecule has 1 aliphatic rings. The van der Waals surface area contributed by atoms with Crippen LogP contribution in [0.2, 0.25) is 5.02 Å². The lowest BCUT2D eigenvalue weighted by Crippen LogP contribution is -2.47. The molecule has 1 amide bonds. The number of hydrogen-bond donors (Lipinski definition) is 2. The molecule has 0 saturated carbocycles. The van der Waals surface area contributed by atoms with Crippen LogP contribution in [0.25, 0.3) is 0 Å². The van der Waals surface area contributed by atoms with Crippen molar-refractivity contribution in [3.05, 3.63) is 58.4 Å². The lowest BCUT2D eigenvalue weighted by Gasteiger charge is -2.37. The van der Waals surface area contributed by atoms with E-state index in [1.165, 1.54) is 12.1 Å². The molecule has 1 saturated heterocycles. The number of anilines is 2. The third-order valence-corrected chi connectivity index (χ3v) is 5.68. The van der Waals surface area contributed by atoms with Crippen LogP contribution < -0.4 is 15.5 Å². The maximum atomic E-state index is 14.6. The summed E-state index contributed by atoms with van der Waals surface area (Å²) in [6, 6.07) is 11.0. The van der Waals surface area contributed by atoms with E-state index >= 15 is 0 Å². The molecule has 2 aromatic rings. The minimum absolute atomic E-state index is 0.0578. The van der Waals surface area contributed by atoms with E-state index in [9.17, 15) is 22.4 Å². The van der Waals surface area contributed by atoms with Crippen molar-refractivity contribution in [2.24, 2.45) is 0 Å². The van der Waals surface area contributed by atoms with Crippen LogP contribution >= 0.6 is 11.6 Å². The molecule has 2 N–H and O–H groups in total. The number of nitriles is 1. The molecule has 34 heavy (non-hydrogen) atoms. The molecule has 2 aromatic carbocycles. The van der Waals surface area contributed by atoms with Gasteiger partial charge in [0, 0.05) is 44.3 Å². The van der Waals surface area contributed by atoms with Crippen molar-refractivity contribution >= 4 is 28.9 Å². The number of hydrogen-bond acceptors (Lipinski definition) is 5. The van der Waals surface area contributed by atoms with E-state index in [2.05, 4.69) is 10.6 Å². The Morgan fingerprint density at radius 1 is 1.12 bits per heavy atom. The van der Waals surface area contributed by atoms with Crippen molar-refractivity contribution in [2.45, 2.75) is 19.1 Å². The summed E-state index contributed by atoms with van der Waals surface area (Å²) in [7, 11) is 0. The fraction of sp³-hybridized carbons (Fsp3) is 0.391. The molecule has 6 nitrogen and oxygen atoms in total. The Balaban J connectivity index is 1.67. The summed E-state index contributed by atoms with van der Waals surface area (Å²) < 4.78 is 52.1. The van der Waals surface area contributed by atoms with Crippen molar-refractivity contribution < 1.29 is 22.4 Å². The molecule has 0 spiro atoms. The maximum absolute atomic E-state index is 14.6. The number of alkyl halides is 3. The summed E-state index contributed by atoms with van der Waals surface area (Å²) in [4.78, 5) is 16.5. The Bertz CT molecular complexity index is 1050. The molecule has 0 radical (unpaired) electrons. The van der Waals surface area contributed by atoms with Gasteiger partial charge in [-0.1, -0.05) is 17.7 Å². The van der Waals surface area contributed by atoms with Gasteiger partial charge < -0.3 is 15.5 Å². The lowest BCUT2D eigenvalue weighted by atomic mass is 10.1. The zero-order valence-electron chi connectivity index (χ0n) is 18.3. The fourth-order valence-electron chi connectivity index (χ4n) is 3.67. The number of piperazine rings is 1. The minimum atomic E-state index is -4.19. The second-order valence-corrected chi connectivity index (χ2v) is 8.32. The van der Waals surface area contributed by atoms with Gasteiger partial charge in [-0.05, 0) is 35.9 Å². The molecule has 0 aromatic heterocycles. The average molecular weight is 498 g/mol. The first-order valence-electron chi connectivity index (χ1n) is 10.7. The van der Waals surface area contributed by atoms with Crippen molar-refractivity contribution in [1.29, 1.82) is 5.26 Å². The van der Waals surface area contributed by atoms with E-state index in [1.54, 1.807) is 29.2 Å². The predicted molar refractivity (Wildman–Crippen MR) is 122 cm³/mol. The minimum Gasteiger partial charge on any atom is -0.367 e. The van der Waals surface area contributed by atoms with Gasteiger partial charge >= 0.3 is 6.18 Å². The van der Waals surface area contributed by atoms with Crippen molar-refractivity contribution in [1.82, 2.24) is 10.2 Å². The zero-order chi connectivity index (χ0) is 24.7. The number of halogens is 5. The highest BCUT2D eigenvalue weighted by atomic mass is 35.5. The molecule has 3 rings (SSSR count). The second kappa shape index (κ2) is 11.5. The SMILES string of the molecule is N#CCNCc1ccc(C(=O)Nc2ccc(Cl)cc2N2CCN(CCC(F)(F)F)CC2)c(F)c1. The Kier molecular flexibility index (Phi) is 8.72. The van der Waals surface area contributed by atoms with E-state index in [0.717, 1.165) is 0 Å². The zero-order valence-corrected chi connectivity index (χ0v) is 19.0. The van der Waals surface area contributed by atoms with Gasteiger partial charge in [0.2, 0.25) is 0 Å². The molecule has 1 fully saturated rings. The summed E-state index contributed by atoms with van der Waals surface area (Å²) >= 11 is 6.15. The largest absolute Gasteiger partial charge is 0.390 e. The number of benzene rings is 2. The highest BCUT2D eigenvalue weighted by molar-refractivity contribution is 6.31. The Morgan fingerprint density at radius 3 is 2.50 bits per heavy atom. The molecular weight excluding hydrogens is 474 g/mol. The highest BCUT2D eigenvalue weighted by Crippen LogP contribution is 2.31. The van der Waals surface area contributed by atoms with Gasteiger partial charge in [-0.25, -0.2) is 4.39 Å². The first kappa shape index (κ1) is 25.7. The van der Waals surface area contributed by atoms with Gasteiger partial charge in [0.1, 0.15) is 5.82 Å². The molecule has 0 atom stereocenters. The summed E-state index contributed by atoms with van der Waals surface area (Å²) in [6.07, 6.45) is -5.05. The van der Waals surface area contributed by atoms with Crippen LogP contribution in [0, 0.1) is 17.1 Å². The van der Waals surface area contributed by atoms with E-state index in [0.29, 0.717) is 54.7 Å². The molecule has 11 heteroatoms. The van der Waals surface area contributed by atoms with Gasteiger partial charge in [-0.3, -0.25) is 9.69 Å². The molecule has 1 heterocycles. The molecule has 0 aliphatic carbocycles. The van der Waals surface area contributed by atoms with Gasteiger partial charge in [-0.15, -0.1) is 0 Å². The summed E-state index contributed by atoms with van der Waals surface area (Å²) in [5.74, 6) is -1.33. The second-order valence-electron chi connectivity index (χ2n) is 7.89. The van der Waals surface area contributed by atoms with Gasteiger partial charge in [0.25, 0.3) is 5.91 Å². The normalized spacial score (nSPS) is 14.6. The number of amides is 1. The van der Waals surface area contributed by atoms with Crippen LogP contribution in [0.4, 0.5) is 28.9 Å². The van der Waals surface area contributed by atoms with E-state index in [-0.39, 0.29) is 18.7 Å². The maximum Gasteiger partial charge on any atom is 0.390 e. The highest BCUT2D eigenvalue weighted by Gasteiger charge is 2.29. The molecule has 1 aliphatic heterocycles. The number of nitrogens with one attached hydrogen (secondary N) is 2. The Hall–Kier alpha value is -2.87. The third-order valence-electron chi connectivity index (χ3n) is 5.44. The summed E-state index contributed by atoms with van der Waals surface area (Å²) in [5.41, 5.74) is 1.51. The molecule has 0 unspecified atom stereocenters. The third kappa shape index (κ3) is 7.32. The molecular formula is C23H24ClF4N5O. The standard InChI is InChI=1S/C23H24ClF4N5O/c24-17-2-4-20(21(14-17)33-11-9-32(10-12-33)8-5-23(26,27)28)31-22(34)18-3-1-16(13-19(18)25)15-30-7-6-29/h1-4,13-14,30H,5,7-12,15H2,(H,31,34). The van der Waals surface area contributed by atoms with E-state index in [4.69, 9.17) is 16.9 Å². The van der Waals surface area contributed by atoms with Crippen LogP contribution in [-0.2, 0) is 6.54 Å². The fourth-order valence-corrected chi connectivity index (χ4v) is 3.84. The lowest BCUT2D eigenvalue weighted by molar-refractivity contribution is -0.138. The van der Waals surface area contributed by atoms with Gasteiger partial charge in [-0.2, -0.15) is 18.4 Å².